The minimum atomic E-state index is -0.589. The minimum absolute atomic E-state index is 0.0798. The molecule has 2 amide bonds. The Balaban J connectivity index is 1.43. The van der Waals surface area contributed by atoms with E-state index in [0.717, 1.165) is 61.8 Å². The van der Waals surface area contributed by atoms with Crippen LogP contribution >= 0.6 is 0 Å². The van der Waals surface area contributed by atoms with Gasteiger partial charge >= 0.3 is 0 Å². The topological polar surface area (TPSA) is 94.5 Å². The van der Waals surface area contributed by atoms with Crippen molar-refractivity contribution in [3.05, 3.63) is 71.7 Å². The van der Waals surface area contributed by atoms with E-state index in [9.17, 15) is 14.0 Å². The molecule has 1 aromatic heterocycles. The average Bonchev–Trinajstić information content (AvgIpc) is 3.64. The van der Waals surface area contributed by atoms with Gasteiger partial charge in [0.1, 0.15) is 17.3 Å². The van der Waals surface area contributed by atoms with Gasteiger partial charge in [-0.15, -0.1) is 0 Å². The number of halogens is 1. The molecule has 0 radical (unpaired) electrons. The molecule has 2 fully saturated rings. The molecule has 41 heavy (non-hydrogen) atoms. The monoisotopic (exact) mass is 560 g/mol. The highest BCUT2D eigenvalue weighted by Gasteiger charge is 2.28. The Labute approximate surface area is 239 Å². The number of hydrogen-bond acceptors (Lipinski definition) is 5. The van der Waals surface area contributed by atoms with E-state index in [0.29, 0.717) is 11.5 Å². The first kappa shape index (κ1) is 28.4. The van der Waals surface area contributed by atoms with Crippen LogP contribution in [0, 0.1) is 5.82 Å². The fourth-order valence-electron chi connectivity index (χ4n) is 5.47. The normalized spacial score (nSPS) is 16.4. The number of benzene rings is 2. The van der Waals surface area contributed by atoms with Crippen molar-refractivity contribution in [3.8, 4) is 22.8 Å². The lowest BCUT2D eigenvalue weighted by Crippen LogP contribution is -2.43. The molecular formula is C32H37FN4O4. The van der Waals surface area contributed by atoms with Gasteiger partial charge in [-0.3, -0.25) is 14.3 Å². The fraction of sp³-hybridized carbons (Fsp3) is 0.406. The number of amides is 2. The zero-order valence-electron chi connectivity index (χ0n) is 23.6. The summed E-state index contributed by atoms with van der Waals surface area (Å²) in [4.78, 5) is 26.4. The molecule has 9 heteroatoms. The number of nitrogens with zero attached hydrogens (tertiary/aromatic N) is 2. The summed E-state index contributed by atoms with van der Waals surface area (Å²) >= 11 is 0. The zero-order chi connectivity index (χ0) is 28.8. The third-order valence-electron chi connectivity index (χ3n) is 7.91. The van der Waals surface area contributed by atoms with Crippen molar-refractivity contribution in [2.75, 3.05) is 14.2 Å². The molecule has 0 bridgehead atoms. The number of hydrogen-bond donors (Lipinski definition) is 2. The van der Waals surface area contributed by atoms with E-state index in [4.69, 9.17) is 14.6 Å². The summed E-state index contributed by atoms with van der Waals surface area (Å²) in [6, 6.07) is 13.2. The van der Waals surface area contributed by atoms with E-state index in [-0.39, 0.29) is 41.8 Å². The summed E-state index contributed by atoms with van der Waals surface area (Å²) in [5.74, 6) is 0.417. The number of methoxy groups -OCH3 is 2. The molecule has 216 valence electrons. The number of carbonyl (C=O) groups is 2. The average molecular weight is 561 g/mol. The van der Waals surface area contributed by atoms with Gasteiger partial charge in [-0.25, -0.2) is 4.39 Å². The Morgan fingerprint density at radius 3 is 2.32 bits per heavy atom. The zero-order valence-corrected chi connectivity index (χ0v) is 23.6. The highest BCUT2D eigenvalue weighted by molar-refractivity contribution is 5.95. The van der Waals surface area contributed by atoms with Crippen LogP contribution in [0.2, 0.25) is 0 Å². The van der Waals surface area contributed by atoms with E-state index in [1.54, 1.807) is 44.6 Å². The third-order valence-corrected chi connectivity index (χ3v) is 7.91. The standard InChI is InChI=1S/C32H37FN4O4/c1-40-28-11-6-12-29(41-2)31(28)27-20-26(36-37(27)25-9-3-4-10-25)32(39)35-24(19-30(38)34-23-7-5-8-23)18-15-21-13-16-22(33)17-14-21/h6,11-18,20,23-25H,3-5,7-10,19H2,1-2H3,(H,34,38)(H,35,39)/b18-15+. The first-order valence-corrected chi connectivity index (χ1v) is 14.3. The predicted molar refractivity (Wildman–Crippen MR) is 155 cm³/mol. The molecule has 2 saturated carbocycles. The summed E-state index contributed by atoms with van der Waals surface area (Å²) in [5.41, 5.74) is 2.50. The van der Waals surface area contributed by atoms with Crippen LogP contribution in [-0.4, -0.2) is 47.9 Å². The van der Waals surface area contributed by atoms with Crippen molar-refractivity contribution < 1.29 is 23.5 Å². The molecule has 2 N–H and O–H groups in total. The first-order chi connectivity index (χ1) is 19.9. The molecule has 1 unspecified atom stereocenters. The predicted octanol–water partition coefficient (Wildman–Crippen LogP) is 5.69. The van der Waals surface area contributed by atoms with Crippen LogP contribution in [-0.2, 0) is 4.79 Å². The second-order valence-corrected chi connectivity index (χ2v) is 10.7. The third kappa shape index (κ3) is 6.78. The summed E-state index contributed by atoms with van der Waals surface area (Å²) in [6.45, 7) is 0. The molecule has 0 aliphatic heterocycles. The van der Waals surface area contributed by atoms with Gasteiger partial charge in [-0.2, -0.15) is 5.10 Å². The number of rotatable bonds is 11. The molecule has 3 aromatic rings. The van der Waals surface area contributed by atoms with Gasteiger partial charge in [0.15, 0.2) is 5.69 Å². The second kappa shape index (κ2) is 13.0. The largest absolute Gasteiger partial charge is 0.496 e. The van der Waals surface area contributed by atoms with Crippen molar-refractivity contribution in [2.24, 2.45) is 0 Å². The smallest absolute Gasteiger partial charge is 0.272 e. The van der Waals surface area contributed by atoms with Gasteiger partial charge in [0.2, 0.25) is 5.91 Å². The lowest BCUT2D eigenvalue weighted by atomic mass is 9.93. The minimum Gasteiger partial charge on any atom is -0.496 e. The number of carbonyl (C=O) groups excluding carboxylic acids is 2. The number of aromatic nitrogens is 2. The SMILES string of the molecule is COc1cccc(OC)c1-c1cc(C(=O)NC(/C=C/c2ccc(F)cc2)CC(=O)NC2CCC2)nn1C1CCCC1. The summed E-state index contributed by atoms with van der Waals surface area (Å²) in [6.07, 6.45) is 10.8. The Hall–Kier alpha value is -4.14. The molecule has 1 heterocycles. The highest BCUT2D eigenvalue weighted by Crippen LogP contribution is 2.41. The molecule has 8 nitrogen and oxygen atoms in total. The van der Waals surface area contributed by atoms with Crippen LogP contribution in [0.15, 0.2) is 54.6 Å². The Kier molecular flexibility index (Phi) is 9.01. The molecule has 0 saturated heterocycles. The Bertz CT molecular complexity index is 1370. The Morgan fingerprint density at radius 1 is 1.02 bits per heavy atom. The maximum Gasteiger partial charge on any atom is 0.272 e. The summed E-state index contributed by atoms with van der Waals surface area (Å²) < 4.78 is 26.6. The number of nitrogens with one attached hydrogen (secondary N) is 2. The molecule has 2 aliphatic rings. The van der Waals surface area contributed by atoms with Gasteiger partial charge in [0.25, 0.3) is 5.91 Å². The molecular weight excluding hydrogens is 523 g/mol. The second-order valence-electron chi connectivity index (χ2n) is 10.7. The summed E-state index contributed by atoms with van der Waals surface area (Å²) in [5, 5.41) is 10.8. The van der Waals surface area contributed by atoms with E-state index in [1.165, 1.54) is 12.1 Å². The van der Waals surface area contributed by atoms with E-state index >= 15 is 0 Å². The molecule has 0 spiro atoms. The quantitative estimate of drug-likeness (QED) is 0.314. The van der Waals surface area contributed by atoms with Crippen LogP contribution in [0.3, 0.4) is 0 Å². The van der Waals surface area contributed by atoms with Crippen LogP contribution in [0.5, 0.6) is 11.5 Å². The maximum atomic E-state index is 13.6. The van der Waals surface area contributed by atoms with E-state index in [2.05, 4.69) is 10.6 Å². The molecule has 1 atom stereocenters. The van der Waals surface area contributed by atoms with Crippen molar-refractivity contribution in [1.82, 2.24) is 20.4 Å². The maximum absolute atomic E-state index is 13.6. The first-order valence-electron chi connectivity index (χ1n) is 14.3. The van der Waals surface area contributed by atoms with Gasteiger partial charge in [0.05, 0.1) is 44.0 Å². The lowest BCUT2D eigenvalue weighted by Gasteiger charge is -2.27. The lowest BCUT2D eigenvalue weighted by molar-refractivity contribution is -0.122. The fourth-order valence-corrected chi connectivity index (χ4v) is 5.47. The van der Waals surface area contributed by atoms with Gasteiger partial charge < -0.3 is 20.1 Å². The Morgan fingerprint density at radius 2 is 1.71 bits per heavy atom. The highest BCUT2D eigenvalue weighted by atomic mass is 19.1. The van der Waals surface area contributed by atoms with Crippen molar-refractivity contribution in [1.29, 1.82) is 0 Å². The molecule has 5 rings (SSSR count). The van der Waals surface area contributed by atoms with Crippen molar-refractivity contribution in [3.63, 3.8) is 0 Å². The van der Waals surface area contributed by atoms with Crippen molar-refractivity contribution in [2.45, 2.75) is 69.5 Å². The van der Waals surface area contributed by atoms with Crippen LogP contribution < -0.4 is 20.1 Å². The van der Waals surface area contributed by atoms with Crippen LogP contribution in [0.25, 0.3) is 17.3 Å². The van der Waals surface area contributed by atoms with E-state index in [1.807, 2.05) is 22.9 Å². The van der Waals surface area contributed by atoms with Gasteiger partial charge in [0, 0.05) is 6.04 Å². The van der Waals surface area contributed by atoms with Crippen LogP contribution in [0.1, 0.15) is 73.5 Å². The molecule has 2 aromatic carbocycles. The molecule has 2 aliphatic carbocycles. The summed E-state index contributed by atoms with van der Waals surface area (Å²) in [7, 11) is 3.21. The van der Waals surface area contributed by atoms with Crippen LogP contribution in [0.4, 0.5) is 4.39 Å². The van der Waals surface area contributed by atoms with Gasteiger partial charge in [-0.05, 0) is 68.0 Å². The van der Waals surface area contributed by atoms with Gasteiger partial charge in [-0.1, -0.05) is 43.2 Å². The number of ether oxygens (including phenoxy) is 2. The van der Waals surface area contributed by atoms with E-state index < -0.39 is 6.04 Å². The van der Waals surface area contributed by atoms with Crippen molar-refractivity contribution >= 4 is 17.9 Å².